The average molecular weight is 197 g/mol. The summed E-state index contributed by atoms with van der Waals surface area (Å²) in [7, 11) is 0. The first-order chi connectivity index (χ1) is 7.40. The van der Waals surface area contributed by atoms with Crippen molar-refractivity contribution in [2.24, 2.45) is 0 Å². The van der Waals surface area contributed by atoms with E-state index in [1.807, 2.05) is 42.5 Å². The Morgan fingerprint density at radius 2 is 1.80 bits per heavy atom. The van der Waals surface area contributed by atoms with E-state index in [-0.39, 0.29) is 0 Å². The molecule has 2 nitrogen and oxygen atoms in total. The van der Waals surface area contributed by atoms with Crippen LogP contribution >= 0.6 is 0 Å². The van der Waals surface area contributed by atoms with Crippen LogP contribution in [0, 0.1) is 0 Å². The SMILES string of the molecule is O=[C]OC1=CC=CC2=CC=CC=CC2=C1. The lowest BCUT2D eigenvalue weighted by Crippen LogP contribution is -1.87. The zero-order valence-electron chi connectivity index (χ0n) is 8.01. The maximum absolute atomic E-state index is 10.1. The van der Waals surface area contributed by atoms with Gasteiger partial charge in [0.05, 0.1) is 0 Å². The average Bonchev–Trinajstić information content (AvgIpc) is 2.52. The molecule has 15 heavy (non-hydrogen) atoms. The maximum Gasteiger partial charge on any atom is 0.423 e. The smallest absolute Gasteiger partial charge is 0.418 e. The van der Waals surface area contributed by atoms with E-state index in [0.29, 0.717) is 5.76 Å². The van der Waals surface area contributed by atoms with Crippen molar-refractivity contribution in [1.82, 2.24) is 0 Å². The van der Waals surface area contributed by atoms with Gasteiger partial charge in [-0.25, -0.2) is 4.79 Å². The standard InChI is InChI=1S/C13H9O2/c14-10-15-13-8-4-7-11-5-2-1-3-6-12(11)9-13/h1-9H. The molecule has 0 bridgehead atoms. The molecule has 2 heteroatoms. The minimum absolute atomic E-state index is 0.492. The van der Waals surface area contributed by atoms with Gasteiger partial charge in [-0.05, 0) is 23.3 Å². The van der Waals surface area contributed by atoms with E-state index in [0.717, 1.165) is 11.1 Å². The van der Waals surface area contributed by atoms with Crippen molar-refractivity contribution in [3.05, 3.63) is 71.6 Å². The third kappa shape index (κ3) is 2.23. The highest BCUT2D eigenvalue weighted by Crippen LogP contribution is 2.21. The molecule has 0 aromatic heterocycles. The molecule has 0 atom stereocenters. The van der Waals surface area contributed by atoms with Crippen LogP contribution in [0.25, 0.3) is 0 Å². The highest BCUT2D eigenvalue weighted by Gasteiger charge is 2.05. The first kappa shape index (κ1) is 9.46. The molecule has 0 fully saturated rings. The first-order valence-electron chi connectivity index (χ1n) is 4.59. The third-order valence-electron chi connectivity index (χ3n) is 2.10. The summed E-state index contributed by atoms with van der Waals surface area (Å²) in [6.45, 7) is 1.42. The van der Waals surface area contributed by atoms with E-state index in [4.69, 9.17) is 4.74 Å². The summed E-state index contributed by atoms with van der Waals surface area (Å²) in [5, 5.41) is 0. The molecule has 2 aliphatic rings. The quantitative estimate of drug-likeness (QED) is 0.679. The van der Waals surface area contributed by atoms with Crippen LogP contribution < -0.4 is 0 Å². The van der Waals surface area contributed by atoms with Gasteiger partial charge in [-0.3, -0.25) is 0 Å². The van der Waals surface area contributed by atoms with Gasteiger partial charge in [0.2, 0.25) is 0 Å². The Morgan fingerprint density at radius 1 is 0.933 bits per heavy atom. The topological polar surface area (TPSA) is 26.3 Å². The van der Waals surface area contributed by atoms with Gasteiger partial charge >= 0.3 is 6.47 Å². The Kier molecular flexibility index (Phi) is 2.79. The van der Waals surface area contributed by atoms with Crippen LogP contribution in [0.1, 0.15) is 0 Å². The summed E-state index contributed by atoms with van der Waals surface area (Å²) in [5.74, 6) is 0.492. The Hall–Kier alpha value is -2.09. The molecule has 0 aromatic carbocycles. The largest absolute Gasteiger partial charge is 0.423 e. The van der Waals surface area contributed by atoms with Crippen LogP contribution in [0.4, 0.5) is 0 Å². The molecule has 2 aliphatic carbocycles. The van der Waals surface area contributed by atoms with Gasteiger partial charge in [-0.2, -0.15) is 0 Å². The fourth-order valence-corrected chi connectivity index (χ4v) is 1.42. The predicted octanol–water partition coefficient (Wildman–Crippen LogP) is 2.50. The molecule has 0 unspecified atom stereocenters. The minimum Gasteiger partial charge on any atom is -0.418 e. The van der Waals surface area contributed by atoms with Gasteiger partial charge in [-0.15, -0.1) is 0 Å². The third-order valence-corrected chi connectivity index (χ3v) is 2.10. The molecule has 1 radical (unpaired) electrons. The van der Waals surface area contributed by atoms with E-state index >= 15 is 0 Å². The lowest BCUT2D eigenvalue weighted by Gasteiger charge is -2.00. The van der Waals surface area contributed by atoms with E-state index in [1.54, 1.807) is 12.2 Å². The van der Waals surface area contributed by atoms with E-state index in [1.165, 1.54) is 6.47 Å². The summed E-state index contributed by atoms with van der Waals surface area (Å²) in [6, 6.07) is 0. The van der Waals surface area contributed by atoms with Crippen LogP contribution in [-0.2, 0) is 9.53 Å². The molecule has 0 N–H and O–H groups in total. The molecule has 0 heterocycles. The number of hydrogen-bond acceptors (Lipinski definition) is 2. The fourth-order valence-electron chi connectivity index (χ4n) is 1.42. The normalized spacial score (nSPS) is 18.0. The second-order valence-electron chi connectivity index (χ2n) is 3.08. The van der Waals surface area contributed by atoms with Crippen molar-refractivity contribution < 1.29 is 9.53 Å². The lowest BCUT2D eigenvalue weighted by atomic mass is 10.1. The van der Waals surface area contributed by atoms with Gasteiger partial charge in [0.15, 0.2) is 0 Å². The maximum atomic E-state index is 10.1. The fraction of sp³-hybridized carbons (Fsp3) is 0. The number of allylic oxidation sites excluding steroid dienone is 11. The van der Waals surface area contributed by atoms with Crippen LogP contribution in [0.5, 0.6) is 0 Å². The van der Waals surface area contributed by atoms with Gasteiger partial charge in [-0.1, -0.05) is 42.5 Å². The minimum atomic E-state index is 0.492. The Balaban J connectivity index is 2.39. The Labute approximate surface area is 88.2 Å². The number of fused-ring (bicyclic) bond motifs is 1. The van der Waals surface area contributed by atoms with Crippen molar-refractivity contribution in [3.8, 4) is 0 Å². The van der Waals surface area contributed by atoms with Gasteiger partial charge in [0.25, 0.3) is 0 Å². The summed E-state index contributed by atoms with van der Waals surface area (Å²) < 4.78 is 4.70. The Bertz CT molecular complexity index is 443. The van der Waals surface area contributed by atoms with Crippen molar-refractivity contribution in [2.75, 3.05) is 0 Å². The van der Waals surface area contributed by atoms with Gasteiger partial charge in [0.1, 0.15) is 5.76 Å². The highest BCUT2D eigenvalue weighted by molar-refractivity contribution is 5.56. The van der Waals surface area contributed by atoms with Crippen LogP contribution in [-0.4, -0.2) is 6.47 Å². The number of hydrogen-bond donors (Lipinski definition) is 0. The summed E-state index contributed by atoms with van der Waals surface area (Å²) in [4.78, 5) is 10.1. The molecule has 0 spiro atoms. The molecule has 0 amide bonds. The van der Waals surface area contributed by atoms with E-state index in [2.05, 4.69) is 0 Å². The van der Waals surface area contributed by atoms with Crippen molar-refractivity contribution in [3.63, 3.8) is 0 Å². The van der Waals surface area contributed by atoms with Gasteiger partial charge in [0, 0.05) is 0 Å². The molecule has 0 aromatic rings. The van der Waals surface area contributed by atoms with Crippen molar-refractivity contribution >= 4 is 6.47 Å². The second kappa shape index (κ2) is 4.42. The zero-order chi connectivity index (χ0) is 10.5. The first-order valence-corrected chi connectivity index (χ1v) is 4.59. The molecule has 0 aliphatic heterocycles. The summed E-state index contributed by atoms with van der Waals surface area (Å²) >= 11 is 0. The number of rotatable bonds is 2. The van der Waals surface area contributed by atoms with Gasteiger partial charge < -0.3 is 4.74 Å². The van der Waals surface area contributed by atoms with Crippen LogP contribution in [0.3, 0.4) is 0 Å². The van der Waals surface area contributed by atoms with E-state index < -0.39 is 0 Å². The zero-order valence-corrected chi connectivity index (χ0v) is 8.01. The highest BCUT2D eigenvalue weighted by atomic mass is 16.5. The second-order valence-corrected chi connectivity index (χ2v) is 3.08. The molecule has 2 rings (SSSR count). The molecular formula is C13H9O2. The molecule has 0 saturated carbocycles. The Morgan fingerprint density at radius 3 is 2.67 bits per heavy atom. The predicted molar refractivity (Wildman–Crippen MR) is 58.4 cm³/mol. The van der Waals surface area contributed by atoms with E-state index in [9.17, 15) is 4.79 Å². The number of ether oxygens (including phenoxy) is 1. The van der Waals surface area contributed by atoms with Crippen molar-refractivity contribution in [2.45, 2.75) is 0 Å². The summed E-state index contributed by atoms with van der Waals surface area (Å²) in [6.07, 6.45) is 17.2. The summed E-state index contributed by atoms with van der Waals surface area (Å²) in [5.41, 5.74) is 2.09. The van der Waals surface area contributed by atoms with Crippen molar-refractivity contribution in [1.29, 1.82) is 0 Å². The molecule has 0 saturated heterocycles. The number of carbonyl (C=O) groups excluding carboxylic acids is 1. The monoisotopic (exact) mass is 197 g/mol. The van der Waals surface area contributed by atoms with Crippen LogP contribution in [0.2, 0.25) is 0 Å². The molecule has 73 valence electrons. The lowest BCUT2D eigenvalue weighted by molar-refractivity contribution is 0.375. The molecular weight excluding hydrogens is 188 g/mol. The van der Waals surface area contributed by atoms with Crippen LogP contribution in [0.15, 0.2) is 71.6 Å².